The Morgan fingerprint density at radius 1 is 1.67 bits per heavy atom. The number of halogens is 1. The van der Waals surface area contributed by atoms with Crippen molar-refractivity contribution in [2.45, 2.75) is 44.2 Å². The quantitative estimate of drug-likeness (QED) is 0.744. The summed E-state index contributed by atoms with van der Waals surface area (Å²) in [5, 5.41) is 4.54. The van der Waals surface area contributed by atoms with Crippen LogP contribution in [-0.2, 0) is 11.3 Å². The van der Waals surface area contributed by atoms with Crippen LogP contribution in [-0.4, -0.2) is 21.8 Å². The number of aryl methyl sites for hydroxylation is 1. The van der Waals surface area contributed by atoms with Gasteiger partial charge in [-0.05, 0) is 25.3 Å². The van der Waals surface area contributed by atoms with Crippen LogP contribution in [0.4, 0.5) is 0 Å². The lowest BCUT2D eigenvalue weighted by Gasteiger charge is -2.26. The Hall–Kier alpha value is -0.540. The van der Waals surface area contributed by atoms with E-state index in [1.54, 1.807) is 0 Å². The lowest BCUT2D eigenvalue weighted by atomic mass is 10.1. The third-order valence-corrected chi connectivity index (χ3v) is 3.13. The number of aromatic nitrogens is 2. The zero-order valence-electron chi connectivity index (χ0n) is 9.03. The van der Waals surface area contributed by atoms with E-state index >= 15 is 0 Å². The van der Waals surface area contributed by atoms with Gasteiger partial charge in [-0.25, -0.2) is 0 Å². The molecule has 0 aromatic carbocycles. The average Bonchev–Trinajstić information content (AvgIpc) is 2.66. The summed E-state index contributed by atoms with van der Waals surface area (Å²) in [5.41, 5.74) is 1.17. The molecule has 0 bridgehead atoms. The molecule has 0 aliphatic carbocycles. The SMILES string of the molecule is CCCn1nccc1C1CC(Cl)CCO1. The van der Waals surface area contributed by atoms with Gasteiger partial charge in [-0.3, -0.25) is 4.68 Å². The molecule has 0 N–H and O–H groups in total. The van der Waals surface area contributed by atoms with Crippen molar-refractivity contribution in [2.24, 2.45) is 0 Å². The van der Waals surface area contributed by atoms with Crippen molar-refractivity contribution in [3.05, 3.63) is 18.0 Å². The molecule has 1 fully saturated rings. The van der Waals surface area contributed by atoms with Gasteiger partial charge in [-0.1, -0.05) is 6.92 Å². The summed E-state index contributed by atoms with van der Waals surface area (Å²) < 4.78 is 7.76. The molecule has 1 aromatic rings. The van der Waals surface area contributed by atoms with Gasteiger partial charge in [0.1, 0.15) is 6.10 Å². The van der Waals surface area contributed by atoms with Gasteiger partial charge in [0, 0.05) is 24.7 Å². The van der Waals surface area contributed by atoms with E-state index in [0.29, 0.717) is 0 Å². The summed E-state index contributed by atoms with van der Waals surface area (Å²) in [5.74, 6) is 0. The van der Waals surface area contributed by atoms with Crippen LogP contribution in [0.2, 0.25) is 0 Å². The molecule has 1 aliphatic rings. The molecular weight excluding hydrogens is 212 g/mol. The number of rotatable bonds is 3. The Kier molecular flexibility index (Phi) is 3.65. The van der Waals surface area contributed by atoms with Gasteiger partial charge in [-0.2, -0.15) is 5.10 Å². The predicted octanol–water partition coefficient (Wildman–Crippen LogP) is 2.75. The van der Waals surface area contributed by atoms with Gasteiger partial charge in [0.05, 0.1) is 5.69 Å². The Bertz CT molecular complexity index is 313. The minimum atomic E-state index is 0.135. The van der Waals surface area contributed by atoms with Crippen molar-refractivity contribution in [3.63, 3.8) is 0 Å². The van der Waals surface area contributed by atoms with E-state index in [2.05, 4.69) is 12.0 Å². The molecular formula is C11H17ClN2O. The van der Waals surface area contributed by atoms with Gasteiger partial charge >= 0.3 is 0 Å². The van der Waals surface area contributed by atoms with Crippen LogP contribution in [0, 0.1) is 0 Å². The summed E-state index contributed by atoms with van der Waals surface area (Å²) in [6, 6.07) is 2.04. The van der Waals surface area contributed by atoms with Crippen molar-refractivity contribution < 1.29 is 4.74 Å². The van der Waals surface area contributed by atoms with E-state index in [0.717, 1.165) is 32.4 Å². The van der Waals surface area contributed by atoms with Crippen LogP contribution in [0.1, 0.15) is 38.0 Å². The molecule has 84 valence electrons. The monoisotopic (exact) mass is 228 g/mol. The number of alkyl halides is 1. The second-order valence-corrected chi connectivity index (χ2v) is 4.58. The van der Waals surface area contributed by atoms with Gasteiger partial charge in [0.15, 0.2) is 0 Å². The lowest BCUT2D eigenvalue weighted by molar-refractivity contribution is 0.0113. The third kappa shape index (κ3) is 2.52. The fourth-order valence-electron chi connectivity index (χ4n) is 1.98. The molecule has 2 heterocycles. The first kappa shape index (κ1) is 11.0. The average molecular weight is 229 g/mol. The first-order chi connectivity index (χ1) is 7.31. The van der Waals surface area contributed by atoms with Crippen LogP contribution in [0.5, 0.6) is 0 Å². The third-order valence-electron chi connectivity index (χ3n) is 2.73. The Balaban J connectivity index is 2.10. The van der Waals surface area contributed by atoms with E-state index in [4.69, 9.17) is 16.3 Å². The molecule has 2 rings (SSSR count). The summed E-state index contributed by atoms with van der Waals surface area (Å²) in [7, 11) is 0. The maximum Gasteiger partial charge on any atom is 0.100 e. The number of ether oxygens (including phenoxy) is 1. The molecule has 4 heteroatoms. The first-order valence-corrected chi connectivity index (χ1v) is 6.02. The zero-order chi connectivity index (χ0) is 10.7. The molecule has 0 spiro atoms. The lowest BCUT2D eigenvalue weighted by Crippen LogP contribution is -2.22. The summed E-state index contributed by atoms with van der Waals surface area (Å²) in [4.78, 5) is 0. The van der Waals surface area contributed by atoms with E-state index in [1.165, 1.54) is 5.69 Å². The van der Waals surface area contributed by atoms with Crippen molar-refractivity contribution in [3.8, 4) is 0 Å². The molecule has 0 amide bonds. The van der Waals surface area contributed by atoms with Gasteiger partial charge in [0.25, 0.3) is 0 Å². The Morgan fingerprint density at radius 3 is 3.27 bits per heavy atom. The van der Waals surface area contributed by atoms with Gasteiger partial charge in [-0.15, -0.1) is 11.6 Å². The zero-order valence-corrected chi connectivity index (χ0v) is 9.78. The standard InChI is InChI=1S/C11H17ClN2O/c1-2-6-14-10(3-5-13-14)11-8-9(12)4-7-15-11/h3,5,9,11H,2,4,6-8H2,1H3. The molecule has 1 aliphatic heterocycles. The van der Waals surface area contributed by atoms with Crippen LogP contribution < -0.4 is 0 Å². The largest absolute Gasteiger partial charge is 0.372 e. The second kappa shape index (κ2) is 4.99. The highest BCUT2D eigenvalue weighted by Gasteiger charge is 2.24. The molecule has 1 aromatic heterocycles. The molecule has 0 radical (unpaired) electrons. The van der Waals surface area contributed by atoms with Crippen LogP contribution in [0.15, 0.2) is 12.3 Å². The topological polar surface area (TPSA) is 27.1 Å². The summed E-state index contributed by atoms with van der Waals surface area (Å²) in [6.45, 7) is 3.86. The van der Waals surface area contributed by atoms with Crippen LogP contribution in [0.25, 0.3) is 0 Å². The molecule has 1 saturated heterocycles. The molecule has 15 heavy (non-hydrogen) atoms. The smallest absolute Gasteiger partial charge is 0.100 e. The summed E-state index contributed by atoms with van der Waals surface area (Å²) in [6.07, 6.45) is 4.92. The fourth-order valence-corrected chi connectivity index (χ4v) is 2.23. The van der Waals surface area contributed by atoms with Crippen LogP contribution in [0.3, 0.4) is 0 Å². The first-order valence-electron chi connectivity index (χ1n) is 5.58. The van der Waals surface area contributed by atoms with Crippen molar-refractivity contribution in [2.75, 3.05) is 6.61 Å². The van der Waals surface area contributed by atoms with Gasteiger partial charge < -0.3 is 4.74 Å². The fraction of sp³-hybridized carbons (Fsp3) is 0.727. The van der Waals surface area contributed by atoms with Crippen molar-refractivity contribution in [1.82, 2.24) is 9.78 Å². The van der Waals surface area contributed by atoms with Crippen LogP contribution >= 0.6 is 11.6 Å². The second-order valence-electron chi connectivity index (χ2n) is 3.96. The minimum absolute atomic E-state index is 0.135. The highest BCUT2D eigenvalue weighted by atomic mass is 35.5. The van der Waals surface area contributed by atoms with E-state index in [9.17, 15) is 0 Å². The minimum Gasteiger partial charge on any atom is -0.372 e. The Morgan fingerprint density at radius 2 is 2.53 bits per heavy atom. The van der Waals surface area contributed by atoms with E-state index < -0.39 is 0 Å². The summed E-state index contributed by atoms with van der Waals surface area (Å²) >= 11 is 6.15. The van der Waals surface area contributed by atoms with E-state index in [-0.39, 0.29) is 11.5 Å². The number of hydrogen-bond acceptors (Lipinski definition) is 2. The normalized spacial score (nSPS) is 26.8. The number of nitrogens with zero attached hydrogens (tertiary/aromatic N) is 2. The predicted molar refractivity (Wildman–Crippen MR) is 60.1 cm³/mol. The maximum absolute atomic E-state index is 6.15. The number of hydrogen-bond donors (Lipinski definition) is 0. The van der Waals surface area contributed by atoms with Crippen molar-refractivity contribution in [1.29, 1.82) is 0 Å². The van der Waals surface area contributed by atoms with E-state index in [1.807, 2.05) is 16.9 Å². The van der Waals surface area contributed by atoms with Crippen molar-refractivity contribution >= 4 is 11.6 Å². The molecule has 0 saturated carbocycles. The Labute approximate surface area is 95.4 Å². The highest BCUT2D eigenvalue weighted by molar-refractivity contribution is 6.20. The molecule has 3 nitrogen and oxygen atoms in total. The molecule has 2 atom stereocenters. The molecule has 2 unspecified atom stereocenters. The van der Waals surface area contributed by atoms with Gasteiger partial charge in [0.2, 0.25) is 0 Å². The maximum atomic E-state index is 6.15. The highest BCUT2D eigenvalue weighted by Crippen LogP contribution is 2.30.